The van der Waals surface area contributed by atoms with Crippen LogP contribution in [0.5, 0.6) is 11.8 Å². The third-order valence-electron chi connectivity index (χ3n) is 4.53. The van der Waals surface area contributed by atoms with Gasteiger partial charge in [0.1, 0.15) is 0 Å². The zero-order valence-corrected chi connectivity index (χ0v) is 16.1. The van der Waals surface area contributed by atoms with Crippen LogP contribution < -0.4 is 20.1 Å². The van der Waals surface area contributed by atoms with Gasteiger partial charge in [0, 0.05) is 11.3 Å². The van der Waals surface area contributed by atoms with Crippen LogP contribution >= 0.6 is 0 Å². The number of methoxy groups -OCH3 is 2. The molecule has 0 radical (unpaired) electrons. The third-order valence-corrected chi connectivity index (χ3v) is 4.53. The van der Waals surface area contributed by atoms with E-state index in [0.29, 0.717) is 11.3 Å². The molecule has 2 amide bonds. The Morgan fingerprint density at radius 2 is 1.62 bits per heavy atom. The highest BCUT2D eigenvalue weighted by Crippen LogP contribution is 2.41. The molecule has 1 aromatic carbocycles. The standard InChI is InChI=1S/C19H19F3N4O3/c1-9-16(28-3)25-15(26-17(9)29-4)13-10(2)23-18(27)24-14(13)11-7-5-6-8-12(11)19(20,21)22/h5-8,14H,1-4H3,(H2,23,24,27). The molecule has 0 spiro atoms. The van der Waals surface area contributed by atoms with Gasteiger partial charge in [-0.3, -0.25) is 0 Å². The molecule has 7 nitrogen and oxygen atoms in total. The van der Waals surface area contributed by atoms with Crippen molar-refractivity contribution in [1.82, 2.24) is 20.6 Å². The lowest BCUT2D eigenvalue weighted by molar-refractivity contribution is -0.138. The highest BCUT2D eigenvalue weighted by Gasteiger charge is 2.39. The average Bonchev–Trinajstić information content (AvgIpc) is 2.67. The number of ether oxygens (including phenoxy) is 2. The summed E-state index contributed by atoms with van der Waals surface area (Å²) in [5.41, 5.74) is 0.161. The van der Waals surface area contributed by atoms with Crippen LogP contribution in [-0.4, -0.2) is 30.2 Å². The second kappa shape index (κ2) is 7.61. The average molecular weight is 408 g/mol. The molecule has 1 aromatic heterocycles. The molecule has 0 saturated heterocycles. The van der Waals surface area contributed by atoms with Crippen molar-refractivity contribution >= 4 is 11.6 Å². The Labute approximate surface area is 165 Å². The van der Waals surface area contributed by atoms with Crippen LogP contribution in [0.4, 0.5) is 18.0 Å². The van der Waals surface area contributed by atoms with Crippen LogP contribution in [0.2, 0.25) is 0 Å². The number of nitrogens with zero attached hydrogens (tertiary/aromatic N) is 2. The van der Waals surface area contributed by atoms with Crippen LogP contribution in [0, 0.1) is 6.92 Å². The molecule has 2 aromatic rings. The molecule has 2 heterocycles. The summed E-state index contributed by atoms with van der Waals surface area (Å²) in [7, 11) is 2.83. The monoisotopic (exact) mass is 408 g/mol. The fourth-order valence-electron chi connectivity index (χ4n) is 3.22. The summed E-state index contributed by atoms with van der Waals surface area (Å²) in [5.74, 6) is 0.509. The van der Waals surface area contributed by atoms with E-state index in [9.17, 15) is 18.0 Å². The van der Waals surface area contributed by atoms with Gasteiger partial charge in [0.25, 0.3) is 0 Å². The quantitative estimate of drug-likeness (QED) is 0.808. The van der Waals surface area contributed by atoms with Gasteiger partial charge >= 0.3 is 12.2 Å². The van der Waals surface area contributed by atoms with Gasteiger partial charge in [-0.15, -0.1) is 0 Å². The number of amides is 2. The minimum absolute atomic E-state index is 0.0799. The summed E-state index contributed by atoms with van der Waals surface area (Å²) in [6, 6.07) is 3.30. The Morgan fingerprint density at radius 3 is 2.17 bits per heavy atom. The Kier molecular flexibility index (Phi) is 5.36. The van der Waals surface area contributed by atoms with Gasteiger partial charge in [0.05, 0.1) is 31.4 Å². The Balaban J connectivity index is 2.25. The predicted molar refractivity (Wildman–Crippen MR) is 98.3 cm³/mol. The molecule has 2 N–H and O–H groups in total. The molecule has 1 aliphatic heterocycles. The first kappa shape index (κ1) is 20.4. The number of alkyl halides is 3. The number of carbonyl (C=O) groups excluding carboxylic acids is 1. The van der Waals surface area contributed by atoms with E-state index < -0.39 is 23.8 Å². The van der Waals surface area contributed by atoms with Crippen molar-refractivity contribution in [3.8, 4) is 11.8 Å². The molecule has 3 rings (SSSR count). The summed E-state index contributed by atoms with van der Waals surface area (Å²) in [4.78, 5) is 20.7. The number of hydrogen-bond acceptors (Lipinski definition) is 5. The second-order valence-electron chi connectivity index (χ2n) is 6.35. The molecule has 0 saturated carbocycles. The van der Waals surface area contributed by atoms with E-state index in [1.165, 1.54) is 32.4 Å². The minimum atomic E-state index is -4.60. The highest BCUT2D eigenvalue weighted by molar-refractivity contribution is 5.87. The Hall–Kier alpha value is -3.30. The van der Waals surface area contributed by atoms with Gasteiger partial charge in [0.15, 0.2) is 5.82 Å². The van der Waals surface area contributed by atoms with Crippen LogP contribution in [0.3, 0.4) is 0 Å². The van der Waals surface area contributed by atoms with E-state index in [4.69, 9.17) is 9.47 Å². The molecule has 0 fully saturated rings. The maximum atomic E-state index is 13.6. The first-order chi connectivity index (χ1) is 13.7. The van der Waals surface area contributed by atoms with Gasteiger partial charge in [0.2, 0.25) is 11.8 Å². The zero-order chi connectivity index (χ0) is 21.3. The van der Waals surface area contributed by atoms with Crippen LogP contribution in [-0.2, 0) is 6.18 Å². The van der Waals surface area contributed by atoms with E-state index in [2.05, 4.69) is 20.6 Å². The molecule has 0 aliphatic carbocycles. The number of aromatic nitrogens is 2. The Morgan fingerprint density at radius 1 is 1.03 bits per heavy atom. The maximum Gasteiger partial charge on any atom is 0.416 e. The van der Waals surface area contributed by atoms with Gasteiger partial charge in [-0.25, -0.2) is 4.79 Å². The molecular weight excluding hydrogens is 389 g/mol. The number of allylic oxidation sites excluding steroid dienone is 1. The van der Waals surface area contributed by atoms with Crippen molar-refractivity contribution in [2.24, 2.45) is 0 Å². The molecule has 10 heteroatoms. The van der Waals surface area contributed by atoms with E-state index in [1.54, 1.807) is 13.8 Å². The summed E-state index contributed by atoms with van der Waals surface area (Å²) < 4.78 is 51.3. The largest absolute Gasteiger partial charge is 0.481 e. The molecule has 1 atom stereocenters. The van der Waals surface area contributed by atoms with E-state index in [1.807, 2.05) is 0 Å². The summed E-state index contributed by atoms with van der Waals surface area (Å²) in [6.07, 6.45) is -4.60. The zero-order valence-electron chi connectivity index (χ0n) is 16.1. The van der Waals surface area contributed by atoms with Gasteiger partial charge < -0.3 is 20.1 Å². The topological polar surface area (TPSA) is 85.4 Å². The fraction of sp³-hybridized carbons (Fsp3) is 0.316. The lowest BCUT2D eigenvalue weighted by Crippen LogP contribution is -2.43. The number of urea groups is 1. The molecule has 29 heavy (non-hydrogen) atoms. The number of halogens is 3. The fourth-order valence-corrected chi connectivity index (χ4v) is 3.22. The lowest BCUT2D eigenvalue weighted by Gasteiger charge is -2.30. The summed E-state index contributed by atoms with van der Waals surface area (Å²) in [6.45, 7) is 3.26. The summed E-state index contributed by atoms with van der Waals surface area (Å²) >= 11 is 0. The molecule has 0 bridgehead atoms. The predicted octanol–water partition coefficient (Wildman–Crippen LogP) is 3.61. The third kappa shape index (κ3) is 3.82. The highest BCUT2D eigenvalue weighted by atomic mass is 19.4. The van der Waals surface area contributed by atoms with Crippen LogP contribution in [0.1, 0.15) is 35.5 Å². The summed E-state index contributed by atoms with van der Waals surface area (Å²) in [5, 5.41) is 5.11. The van der Waals surface area contributed by atoms with Crippen molar-refractivity contribution in [3.63, 3.8) is 0 Å². The number of rotatable bonds is 4. The normalized spacial score (nSPS) is 16.9. The SMILES string of the molecule is COc1nc(C2=C(C)NC(=O)NC2c2ccccc2C(F)(F)F)nc(OC)c1C. The van der Waals surface area contributed by atoms with Crippen molar-refractivity contribution in [3.05, 3.63) is 52.5 Å². The van der Waals surface area contributed by atoms with Crippen LogP contribution in [0.15, 0.2) is 30.0 Å². The molecule has 1 aliphatic rings. The van der Waals surface area contributed by atoms with Crippen molar-refractivity contribution in [2.75, 3.05) is 14.2 Å². The number of nitrogens with one attached hydrogen (secondary N) is 2. The van der Waals surface area contributed by atoms with Crippen LogP contribution in [0.25, 0.3) is 5.57 Å². The minimum Gasteiger partial charge on any atom is -0.481 e. The smallest absolute Gasteiger partial charge is 0.416 e. The first-order valence-electron chi connectivity index (χ1n) is 8.58. The van der Waals surface area contributed by atoms with Gasteiger partial charge in [-0.1, -0.05) is 18.2 Å². The number of carbonyl (C=O) groups is 1. The molecule has 154 valence electrons. The molecule has 1 unspecified atom stereocenters. The molecular formula is C19H19F3N4O3. The van der Waals surface area contributed by atoms with Gasteiger partial charge in [-0.2, -0.15) is 23.1 Å². The van der Waals surface area contributed by atoms with Crippen molar-refractivity contribution < 1.29 is 27.4 Å². The van der Waals surface area contributed by atoms with Gasteiger partial charge in [-0.05, 0) is 25.5 Å². The van der Waals surface area contributed by atoms with E-state index in [0.717, 1.165) is 6.07 Å². The number of benzene rings is 1. The van der Waals surface area contributed by atoms with Crippen molar-refractivity contribution in [2.45, 2.75) is 26.1 Å². The Bertz CT molecular complexity index is 964. The first-order valence-corrected chi connectivity index (χ1v) is 8.58. The van der Waals surface area contributed by atoms with E-state index in [-0.39, 0.29) is 28.7 Å². The number of hydrogen-bond donors (Lipinski definition) is 2. The maximum absolute atomic E-state index is 13.6. The van der Waals surface area contributed by atoms with E-state index >= 15 is 0 Å². The second-order valence-corrected chi connectivity index (χ2v) is 6.35. The van der Waals surface area contributed by atoms with Crippen molar-refractivity contribution in [1.29, 1.82) is 0 Å². The lowest BCUT2D eigenvalue weighted by atomic mass is 9.91.